The van der Waals surface area contributed by atoms with E-state index in [9.17, 15) is 9.59 Å². The topological polar surface area (TPSA) is 46.6 Å². The molecule has 1 saturated heterocycles. The number of benzene rings is 1. The number of esters is 1. The van der Waals surface area contributed by atoms with Crippen molar-refractivity contribution in [3.63, 3.8) is 0 Å². The molecule has 1 atom stereocenters. The molecule has 0 aromatic heterocycles. The average molecular weight is 303 g/mol. The monoisotopic (exact) mass is 303 g/mol. The number of carbonyl (C=O) groups excluding carboxylic acids is 2. The fourth-order valence-corrected chi connectivity index (χ4v) is 2.76. The average Bonchev–Trinajstić information content (AvgIpc) is 3.03. The first-order valence-electron chi connectivity index (χ1n) is 8.22. The van der Waals surface area contributed by atoms with E-state index in [1.165, 1.54) is 0 Å². The van der Waals surface area contributed by atoms with Gasteiger partial charge in [0.15, 0.2) is 0 Å². The second kappa shape index (κ2) is 8.57. The maximum absolute atomic E-state index is 12.4. The quantitative estimate of drug-likeness (QED) is 0.575. The number of ether oxygens (including phenoxy) is 1. The highest BCUT2D eigenvalue weighted by Crippen LogP contribution is 2.20. The summed E-state index contributed by atoms with van der Waals surface area (Å²) in [7, 11) is 0. The van der Waals surface area contributed by atoms with Gasteiger partial charge in [-0.15, -0.1) is 0 Å². The second-order valence-electron chi connectivity index (χ2n) is 5.75. The summed E-state index contributed by atoms with van der Waals surface area (Å²) >= 11 is 0. The van der Waals surface area contributed by atoms with E-state index < -0.39 is 0 Å². The van der Waals surface area contributed by atoms with Gasteiger partial charge in [-0.05, 0) is 31.2 Å². The van der Waals surface area contributed by atoms with E-state index in [-0.39, 0.29) is 17.9 Å². The number of carbonyl (C=O) groups is 2. The van der Waals surface area contributed by atoms with Gasteiger partial charge in [-0.2, -0.15) is 0 Å². The van der Waals surface area contributed by atoms with E-state index in [1.807, 2.05) is 30.3 Å². The number of aryl methyl sites for hydroxylation is 1. The minimum Gasteiger partial charge on any atom is -0.464 e. The van der Waals surface area contributed by atoms with Gasteiger partial charge < -0.3 is 9.64 Å². The van der Waals surface area contributed by atoms with Gasteiger partial charge in [-0.25, -0.2) is 4.79 Å². The first-order chi connectivity index (χ1) is 10.7. The molecular formula is C18H25NO3. The van der Waals surface area contributed by atoms with Crippen molar-refractivity contribution in [1.29, 1.82) is 0 Å². The molecule has 1 aliphatic rings. The molecule has 1 aliphatic heterocycles. The van der Waals surface area contributed by atoms with Crippen LogP contribution in [0.25, 0.3) is 0 Å². The Labute approximate surface area is 132 Å². The molecule has 0 spiro atoms. The Morgan fingerprint density at radius 3 is 2.77 bits per heavy atom. The zero-order valence-corrected chi connectivity index (χ0v) is 13.3. The van der Waals surface area contributed by atoms with Crippen LogP contribution in [0.4, 0.5) is 0 Å². The summed E-state index contributed by atoms with van der Waals surface area (Å²) in [4.78, 5) is 26.2. The van der Waals surface area contributed by atoms with Crippen LogP contribution in [0.3, 0.4) is 0 Å². The summed E-state index contributed by atoms with van der Waals surface area (Å²) in [5.41, 5.74) is 1.15. The summed E-state index contributed by atoms with van der Waals surface area (Å²) < 4.78 is 5.28. The molecule has 1 amide bonds. The van der Waals surface area contributed by atoms with E-state index in [1.54, 1.807) is 4.90 Å². The van der Waals surface area contributed by atoms with Gasteiger partial charge in [0.2, 0.25) is 5.91 Å². The van der Waals surface area contributed by atoms with Crippen LogP contribution in [0.15, 0.2) is 30.3 Å². The maximum atomic E-state index is 12.4. The Morgan fingerprint density at radius 2 is 2.05 bits per heavy atom. The van der Waals surface area contributed by atoms with Crippen molar-refractivity contribution in [1.82, 2.24) is 4.90 Å². The molecular weight excluding hydrogens is 278 g/mol. The van der Waals surface area contributed by atoms with E-state index in [0.717, 1.165) is 31.2 Å². The number of likely N-dealkylation sites (tertiary alicyclic amines) is 1. The number of nitrogens with zero attached hydrogens (tertiary/aromatic N) is 1. The number of hydrogen-bond acceptors (Lipinski definition) is 3. The molecule has 4 heteroatoms. The smallest absolute Gasteiger partial charge is 0.328 e. The van der Waals surface area contributed by atoms with Crippen LogP contribution in [-0.4, -0.2) is 36.0 Å². The van der Waals surface area contributed by atoms with Crippen molar-refractivity contribution >= 4 is 11.9 Å². The molecule has 0 bridgehead atoms. The third kappa shape index (κ3) is 4.58. The number of hydrogen-bond donors (Lipinski definition) is 0. The molecule has 22 heavy (non-hydrogen) atoms. The van der Waals surface area contributed by atoms with Crippen LogP contribution < -0.4 is 0 Å². The van der Waals surface area contributed by atoms with Crippen molar-refractivity contribution in [2.24, 2.45) is 0 Å². The van der Waals surface area contributed by atoms with Gasteiger partial charge in [0.1, 0.15) is 6.04 Å². The summed E-state index contributed by atoms with van der Waals surface area (Å²) in [5, 5.41) is 0. The molecule has 1 aromatic carbocycles. The van der Waals surface area contributed by atoms with Crippen LogP contribution >= 0.6 is 0 Å². The van der Waals surface area contributed by atoms with Crippen molar-refractivity contribution in [2.45, 2.75) is 51.5 Å². The standard InChI is InChI=1S/C18H25NO3/c1-2-3-14-22-18(21)16-10-7-13-19(16)17(20)12-11-15-8-5-4-6-9-15/h4-6,8-9,16H,2-3,7,10-14H2,1H3. The number of unbranched alkanes of at least 4 members (excludes halogenated alkanes) is 1. The van der Waals surface area contributed by atoms with Gasteiger partial charge in [-0.3, -0.25) is 4.79 Å². The Morgan fingerprint density at radius 1 is 1.27 bits per heavy atom. The number of rotatable bonds is 7. The third-order valence-electron chi connectivity index (χ3n) is 4.06. The third-order valence-corrected chi connectivity index (χ3v) is 4.06. The summed E-state index contributed by atoms with van der Waals surface area (Å²) in [5.74, 6) is -0.183. The zero-order chi connectivity index (χ0) is 15.8. The molecule has 0 radical (unpaired) electrons. The Kier molecular flexibility index (Phi) is 6.44. The maximum Gasteiger partial charge on any atom is 0.328 e. The minimum atomic E-state index is -0.375. The summed E-state index contributed by atoms with van der Waals surface area (Å²) in [6.07, 6.45) is 4.64. The van der Waals surface area contributed by atoms with Crippen LogP contribution in [0.5, 0.6) is 0 Å². The first kappa shape index (κ1) is 16.5. The predicted molar refractivity (Wildman–Crippen MR) is 85.4 cm³/mol. The van der Waals surface area contributed by atoms with Crippen LogP contribution in [-0.2, 0) is 20.7 Å². The van der Waals surface area contributed by atoms with Crippen LogP contribution in [0.2, 0.25) is 0 Å². The lowest BCUT2D eigenvalue weighted by Crippen LogP contribution is -2.41. The van der Waals surface area contributed by atoms with Crippen LogP contribution in [0.1, 0.15) is 44.6 Å². The van der Waals surface area contributed by atoms with E-state index in [4.69, 9.17) is 4.74 Å². The second-order valence-corrected chi connectivity index (χ2v) is 5.75. The number of amides is 1. The highest BCUT2D eigenvalue weighted by Gasteiger charge is 2.34. The molecule has 4 nitrogen and oxygen atoms in total. The molecule has 1 heterocycles. The Balaban J connectivity index is 1.84. The van der Waals surface area contributed by atoms with Gasteiger partial charge in [0.05, 0.1) is 6.61 Å². The van der Waals surface area contributed by atoms with Gasteiger partial charge in [0.25, 0.3) is 0 Å². The fraction of sp³-hybridized carbons (Fsp3) is 0.556. The van der Waals surface area contributed by atoms with E-state index >= 15 is 0 Å². The molecule has 2 rings (SSSR count). The van der Waals surface area contributed by atoms with Crippen LogP contribution in [0, 0.1) is 0 Å². The molecule has 120 valence electrons. The fourth-order valence-electron chi connectivity index (χ4n) is 2.76. The highest BCUT2D eigenvalue weighted by atomic mass is 16.5. The highest BCUT2D eigenvalue weighted by molar-refractivity contribution is 5.85. The largest absolute Gasteiger partial charge is 0.464 e. The lowest BCUT2D eigenvalue weighted by molar-refractivity contribution is -0.153. The van der Waals surface area contributed by atoms with Gasteiger partial charge >= 0.3 is 5.97 Å². The van der Waals surface area contributed by atoms with Gasteiger partial charge in [0, 0.05) is 13.0 Å². The van der Waals surface area contributed by atoms with E-state index in [2.05, 4.69) is 6.92 Å². The van der Waals surface area contributed by atoms with Crippen molar-refractivity contribution in [3.05, 3.63) is 35.9 Å². The van der Waals surface area contributed by atoms with E-state index in [0.29, 0.717) is 26.0 Å². The Bertz CT molecular complexity index is 486. The summed E-state index contributed by atoms with van der Waals surface area (Å²) in [6.45, 7) is 3.18. The molecule has 1 aromatic rings. The zero-order valence-electron chi connectivity index (χ0n) is 13.3. The van der Waals surface area contributed by atoms with Gasteiger partial charge in [-0.1, -0.05) is 43.7 Å². The SMILES string of the molecule is CCCCOC(=O)C1CCCN1C(=O)CCc1ccccc1. The van der Waals surface area contributed by atoms with Crippen molar-refractivity contribution in [3.8, 4) is 0 Å². The predicted octanol–water partition coefficient (Wildman–Crippen LogP) is 2.95. The minimum absolute atomic E-state index is 0.0544. The molecule has 1 unspecified atom stereocenters. The molecule has 1 fully saturated rings. The first-order valence-corrected chi connectivity index (χ1v) is 8.22. The normalized spacial score (nSPS) is 17.5. The molecule has 0 saturated carbocycles. The Hall–Kier alpha value is -1.84. The molecule has 0 N–H and O–H groups in total. The summed E-state index contributed by atoms with van der Waals surface area (Å²) in [6, 6.07) is 9.59. The lowest BCUT2D eigenvalue weighted by Gasteiger charge is -2.23. The van der Waals surface area contributed by atoms with Crippen molar-refractivity contribution < 1.29 is 14.3 Å². The molecule has 0 aliphatic carbocycles. The van der Waals surface area contributed by atoms with Crippen molar-refractivity contribution in [2.75, 3.05) is 13.2 Å². The lowest BCUT2D eigenvalue weighted by atomic mass is 10.1.